The number of hydrogen-bond acceptors (Lipinski definition) is 3. The van der Waals surface area contributed by atoms with Crippen LogP contribution in [0.5, 0.6) is 0 Å². The van der Waals surface area contributed by atoms with Gasteiger partial charge in [-0.15, -0.1) is 0 Å². The molecule has 1 aromatic rings. The van der Waals surface area contributed by atoms with Crippen LogP contribution in [0, 0.1) is 0 Å². The Bertz CT molecular complexity index is 410. The highest BCUT2D eigenvalue weighted by molar-refractivity contribution is 6.30. The number of halogens is 1. The summed E-state index contributed by atoms with van der Waals surface area (Å²) >= 11 is 6.08. The van der Waals surface area contributed by atoms with Gasteiger partial charge in [0.1, 0.15) is 0 Å². The van der Waals surface area contributed by atoms with Gasteiger partial charge in [0.15, 0.2) is 0 Å². The molecule has 0 aliphatic heterocycles. The average Bonchev–Trinajstić information content (AvgIpc) is 2.46. The molecule has 0 fully saturated rings. The van der Waals surface area contributed by atoms with Gasteiger partial charge in [0.2, 0.25) is 0 Å². The first-order valence-corrected chi connectivity index (χ1v) is 7.99. The lowest BCUT2D eigenvalue weighted by molar-refractivity contribution is -0.0271. The Kier molecular flexibility index (Phi) is 8.27. The van der Waals surface area contributed by atoms with Crippen molar-refractivity contribution in [2.24, 2.45) is 0 Å². The van der Waals surface area contributed by atoms with Crippen LogP contribution in [-0.4, -0.2) is 32.4 Å². The van der Waals surface area contributed by atoms with Crippen molar-refractivity contribution in [1.82, 2.24) is 5.32 Å². The monoisotopic (exact) mass is 313 g/mol. The molecule has 1 unspecified atom stereocenters. The molecule has 4 heteroatoms. The summed E-state index contributed by atoms with van der Waals surface area (Å²) in [5, 5.41) is 4.16. The molecular formula is C17H28ClNO2. The van der Waals surface area contributed by atoms with Crippen molar-refractivity contribution in [2.75, 3.05) is 26.8 Å². The smallest absolute Gasteiger partial charge is 0.0949 e. The van der Waals surface area contributed by atoms with E-state index < -0.39 is 0 Å². The summed E-state index contributed by atoms with van der Waals surface area (Å²) in [4.78, 5) is 0. The van der Waals surface area contributed by atoms with E-state index in [9.17, 15) is 0 Å². The Morgan fingerprint density at radius 3 is 2.71 bits per heavy atom. The van der Waals surface area contributed by atoms with E-state index in [-0.39, 0.29) is 11.7 Å². The first-order chi connectivity index (χ1) is 9.98. The predicted octanol–water partition coefficient (Wildman–Crippen LogP) is 4.21. The Morgan fingerprint density at radius 2 is 2.10 bits per heavy atom. The quantitative estimate of drug-likeness (QED) is 0.656. The minimum absolute atomic E-state index is 0.0166. The van der Waals surface area contributed by atoms with E-state index in [1.165, 1.54) is 0 Å². The van der Waals surface area contributed by atoms with Gasteiger partial charge in [-0.2, -0.15) is 0 Å². The molecular weight excluding hydrogens is 286 g/mol. The zero-order valence-corrected chi connectivity index (χ0v) is 14.4. The van der Waals surface area contributed by atoms with E-state index in [2.05, 4.69) is 32.2 Å². The lowest BCUT2D eigenvalue weighted by atomic mass is 10.1. The lowest BCUT2D eigenvalue weighted by Crippen LogP contribution is -2.28. The zero-order valence-electron chi connectivity index (χ0n) is 13.6. The molecule has 1 N–H and O–H groups in total. The Morgan fingerprint density at radius 1 is 1.33 bits per heavy atom. The molecule has 0 bridgehead atoms. The van der Waals surface area contributed by atoms with Crippen molar-refractivity contribution in [1.29, 1.82) is 0 Å². The number of rotatable bonds is 10. The van der Waals surface area contributed by atoms with Crippen molar-refractivity contribution in [3.63, 3.8) is 0 Å². The van der Waals surface area contributed by atoms with Gasteiger partial charge < -0.3 is 14.8 Å². The first kappa shape index (κ1) is 18.4. The first-order valence-electron chi connectivity index (χ1n) is 7.61. The summed E-state index contributed by atoms with van der Waals surface area (Å²) in [6.45, 7) is 8.74. The van der Waals surface area contributed by atoms with E-state index >= 15 is 0 Å². The van der Waals surface area contributed by atoms with E-state index in [0.29, 0.717) is 6.61 Å². The van der Waals surface area contributed by atoms with Crippen LogP contribution >= 0.6 is 11.6 Å². The minimum atomic E-state index is -0.157. The molecule has 0 amide bonds. The third-order valence-electron chi connectivity index (χ3n) is 3.55. The van der Waals surface area contributed by atoms with Gasteiger partial charge in [0.05, 0.1) is 18.3 Å². The second-order valence-electron chi connectivity index (χ2n) is 5.83. The van der Waals surface area contributed by atoms with E-state index in [1.54, 1.807) is 7.11 Å². The second kappa shape index (κ2) is 9.42. The third kappa shape index (κ3) is 7.28. The number of methoxy groups -OCH3 is 1. The fourth-order valence-electron chi connectivity index (χ4n) is 1.94. The molecule has 0 heterocycles. The minimum Gasteiger partial charge on any atom is -0.379 e. The van der Waals surface area contributed by atoms with E-state index in [1.807, 2.05) is 18.2 Å². The number of hydrogen-bond donors (Lipinski definition) is 1. The normalized spacial score (nSPS) is 13.4. The van der Waals surface area contributed by atoms with Crippen molar-refractivity contribution in [3.05, 3.63) is 34.9 Å². The van der Waals surface area contributed by atoms with Crippen LogP contribution in [0.3, 0.4) is 0 Å². The Balaban J connectivity index is 2.60. The maximum Gasteiger partial charge on any atom is 0.0949 e. The van der Waals surface area contributed by atoms with Crippen LogP contribution < -0.4 is 5.32 Å². The number of benzene rings is 1. The fourth-order valence-corrected chi connectivity index (χ4v) is 2.14. The molecule has 120 valence electrons. The van der Waals surface area contributed by atoms with Crippen LogP contribution in [0.4, 0.5) is 0 Å². The average molecular weight is 314 g/mol. The molecule has 0 aliphatic carbocycles. The molecule has 1 aromatic carbocycles. The van der Waals surface area contributed by atoms with Gasteiger partial charge in [0, 0.05) is 18.7 Å². The molecule has 0 spiro atoms. The summed E-state index contributed by atoms with van der Waals surface area (Å²) in [6, 6.07) is 7.88. The molecule has 21 heavy (non-hydrogen) atoms. The summed E-state index contributed by atoms with van der Waals surface area (Å²) < 4.78 is 11.5. The molecule has 1 atom stereocenters. The van der Waals surface area contributed by atoms with Crippen molar-refractivity contribution in [2.45, 2.75) is 45.3 Å². The number of nitrogens with one attached hydrogen (secondary N) is 1. The van der Waals surface area contributed by atoms with Gasteiger partial charge in [-0.1, -0.05) is 30.7 Å². The molecule has 0 saturated carbocycles. The predicted molar refractivity (Wildman–Crippen MR) is 89.0 cm³/mol. The lowest BCUT2D eigenvalue weighted by Gasteiger charge is -2.25. The van der Waals surface area contributed by atoms with Gasteiger partial charge in [-0.25, -0.2) is 0 Å². The van der Waals surface area contributed by atoms with E-state index in [4.69, 9.17) is 21.1 Å². The van der Waals surface area contributed by atoms with Gasteiger partial charge >= 0.3 is 0 Å². The summed E-state index contributed by atoms with van der Waals surface area (Å²) in [7, 11) is 1.73. The molecule has 0 radical (unpaired) electrons. The molecule has 3 nitrogen and oxygen atoms in total. The summed E-state index contributed by atoms with van der Waals surface area (Å²) in [6.07, 6.45) is 1.98. The van der Waals surface area contributed by atoms with Crippen LogP contribution in [0.25, 0.3) is 0 Å². The van der Waals surface area contributed by atoms with Crippen LogP contribution in [-0.2, 0) is 9.47 Å². The van der Waals surface area contributed by atoms with Crippen LogP contribution in [0.2, 0.25) is 5.02 Å². The number of ether oxygens (including phenoxy) is 2. The van der Waals surface area contributed by atoms with Crippen molar-refractivity contribution < 1.29 is 9.47 Å². The molecule has 0 saturated heterocycles. The van der Waals surface area contributed by atoms with Gasteiger partial charge in [-0.3, -0.25) is 0 Å². The molecule has 0 aliphatic rings. The molecule has 1 rings (SSSR count). The van der Waals surface area contributed by atoms with E-state index in [0.717, 1.165) is 36.5 Å². The third-order valence-corrected chi connectivity index (χ3v) is 3.79. The van der Waals surface area contributed by atoms with Crippen molar-refractivity contribution in [3.8, 4) is 0 Å². The van der Waals surface area contributed by atoms with Gasteiger partial charge in [-0.05, 0) is 50.9 Å². The van der Waals surface area contributed by atoms with Crippen LogP contribution in [0.1, 0.15) is 45.3 Å². The highest BCUT2D eigenvalue weighted by atomic mass is 35.5. The van der Waals surface area contributed by atoms with Crippen molar-refractivity contribution >= 4 is 11.6 Å². The van der Waals surface area contributed by atoms with Crippen LogP contribution in [0.15, 0.2) is 24.3 Å². The highest BCUT2D eigenvalue weighted by Crippen LogP contribution is 2.22. The Hall–Kier alpha value is -0.610. The Labute approximate surface area is 134 Å². The van der Waals surface area contributed by atoms with Gasteiger partial charge in [0.25, 0.3) is 0 Å². The maximum absolute atomic E-state index is 6.08. The zero-order chi connectivity index (χ0) is 15.7. The highest BCUT2D eigenvalue weighted by Gasteiger charge is 2.18. The largest absolute Gasteiger partial charge is 0.379 e. The summed E-state index contributed by atoms with van der Waals surface area (Å²) in [5.41, 5.74) is 0.955. The topological polar surface area (TPSA) is 30.5 Å². The summed E-state index contributed by atoms with van der Waals surface area (Å²) in [5.74, 6) is 0. The SMILES string of the molecule is CCCNCC(OCCC(C)(C)OC)c1cccc(Cl)c1. The fraction of sp³-hybridized carbons (Fsp3) is 0.647. The maximum atomic E-state index is 6.08. The standard InChI is InChI=1S/C17H28ClNO2/c1-5-10-19-13-16(14-7-6-8-15(18)12-14)21-11-9-17(2,3)20-4/h6-8,12,16,19H,5,9-11,13H2,1-4H3. The molecule has 0 aromatic heterocycles. The second-order valence-corrected chi connectivity index (χ2v) is 6.27.